The van der Waals surface area contributed by atoms with E-state index in [1.165, 1.54) is 31.5 Å². The van der Waals surface area contributed by atoms with Crippen LogP contribution in [0, 0.1) is 6.92 Å². The van der Waals surface area contributed by atoms with E-state index < -0.39 is 0 Å². The van der Waals surface area contributed by atoms with Gasteiger partial charge < -0.3 is 9.73 Å². The van der Waals surface area contributed by atoms with Gasteiger partial charge in [0.2, 0.25) is 0 Å². The Labute approximate surface area is 104 Å². The first kappa shape index (κ1) is 12.7. The average molecular weight is 236 g/mol. The standard InChI is InChI=1S/C14H24N2O/c1-11(2)15-9-14-8-13(12(3)17-14)10-16-6-4-5-7-16/h8,11,15H,4-7,9-10H2,1-3H3. The van der Waals surface area contributed by atoms with E-state index in [9.17, 15) is 0 Å². The number of aryl methyl sites for hydroxylation is 1. The van der Waals surface area contributed by atoms with Gasteiger partial charge in [-0.05, 0) is 38.9 Å². The molecule has 2 heterocycles. The Morgan fingerprint density at radius 2 is 2.06 bits per heavy atom. The molecule has 1 saturated heterocycles. The van der Waals surface area contributed by atoms with E-state index in [1.54, 1.807) is 0 Å². The second kappa shape index (κ2) is 5.69. The van der Waals surface area contributed by atoms with Crippen molar-refractivity contribution in [1.29, 1.82) is 0 Å². The third kappa shape index (κ3) is 3.58. The van der Waals surface area contributed by atoms with E-state index in [-0.39, 0.29) is 0 Å². The summed E-state index contributed by atoms with van der Waals surface area (Å²) in [5.41, 5.74) is 1.35. The van der Waals surface area contributed by atoms with Crippen molar-refractivity contribution in [2.24, 2.45) is 0 Å². The van der Waals surface area contributed by atoms with Crippen LogP contribution < -0.4 is 5.32 Å². The summed E-state index contributed by atoms with van der Waals surface area (Å²) in [5.74, 6) is 2.14. The van der Waals surface area contributed by atoms with Gasteiger partial charge in [0.05, 0.1) is 6.54 Å². The summed E-state index contributed by atoms with van der Waals surface area (Å²) in [6.45, 7) is 10.7. The zero-order chi connectivity index (χ0) is 12.3. The molecule has 1 aromatic rings. The van der Waals surface area contributed by atoms with Gasteiger partial charge in [-0.2, -0.15) is 0 Å². The van der Waals surface area contributed by atoms with Crippen molar-refractivity contribution in [3.05, 3.63) is 23.2 Å². The van der Waals surface area contributed by atoms with E-state index in [0.717, 1.165) is 24.6 Å². The average Bonchev–Trinajstić information content (AvgIpc) is 2.87. The Hall–Kier alpha value is -0.800. The molecule has 1 aliphatic rings. The molecule has 0 bridgehead atoms. The Bertz CT molecular complexity index is 351. The summed E-state index contributed by atoms with van der Waals surface area (Å²) < 4.78 is 5.79. The van der Waals surface area contributed by atoms with Gasteiger partial charge in [0.25, 0.3) is 0 Å². The summed E-state index contributed by atoms with van der Waals surface area (Å²) in [7, 11) is 0. The van der Waals surface area contributed by atoms with Crippen molar-refractivity contribution >= 4 is 0 Å². The Balaban J connectivity index is 1.92. The molecule has 0 amide bonds. The molecule has 0 aliphatic carbocycles. The molecule has 0 spiro atoms. The molecule has 0 aromatic carbocycles. The number of furan rings is 1. The molecule has 17 heavy (non-hydrogen) atoms. The fourth-order valence-corrected chi connectivity index (χ4v) is 2.32. The summed E-state index contributed by atoms with van der Waals surface area (Å²) in [6.07, 6.45) is 2.69. The summed E-state index contributed by atoms with van der Waals surface area (Å²) in [4.78, 5) is 2.51. The molecule has 0 saturated carbocycles. The van der Waals surface area contributed by atoms with E-state index in [1.807, 2.05) is 0 Å². The minimum Gasteiger partial charge on any atom is -0.465 e. The quantitative estimate of drug-likeness (QED) is 0.852. The lowest BCUT2D eigenvalue weighted by Gasteiger charge is -2.13. The van der Waals surface area contributed by atoms with E-state index in [0.29, 0.717) is 6.04 Å². The molecule has 1 N–H and O–H groups in total. The van der Waals surface area contributed by atoms with Gasteiger partial charge in [0, 0.05) is 18.2 Å². The highest BCUT2D eigenvalue weighted by Gasteiger charge is 2.15. The molecule has 0 atom stereocenters. The molecule has 0 radical (unpaired) electrons. The Kier molecular flexibility index (Phi) is 4.24. The molecule has 3 nitrogen and oxygen atoms in total. The number of likely N-dealkylation sites (tertiary alicyclic amines) is 1. The van der Waals surface area contributed by atoms with Gasteiger partial charge in [-0.15, -0.1) is 0 Å². The highest BCUT2D eigenvalue weighted by Crippen LogP contribution is 2.19. The van der Waals surface area contributed by atoms with Gasteiger partial charge in [0.15, 0.2) is 0 Å². The first-order valence-corrected chi connectivity index (χ1v) is 6.69. The number of nitrogens with zero attached hydrogens (tertiary/aromatic N) is 1. The second-order valence-electron chi connectivity index (χ2n) is 5.31. The van der Waals surface area contributed by atoms with Gasteiger partial charge in [-0.1, -0.05) is 13.8 Å². The third-order valence-corrected chi connectivity index (χ3v) is 3.35. The smallest absolute Gasteiger partial charge is 0.118 e. The maximum Gasteiger partial charge on any atom is 0.118 e. The van der Waals surface area contributed by atoms with Crippen LogP contribution in [0.2, 0.25) is 0 Å². The topological polar surface area (TPSA) is 28.4 Å². The van der Waals surface area contributed by atoms with E-state index >= 15 is 0 Å². The van der Waals surface area contributed by atoms with Crippen LogP contribution in [-0.2, 0) is 13.1 Å². The maximum atomic E-state index is 5.79. The van der Waals surface area contributed by atoms with Crippen molar-refractivity contribution in [1.82, 2.24) is 10.2 Å². The number of rotatable bonds is 5. The lowest BCUT2D eigenvalue weighted by atomic mass is 10.2. The highest BCUT2D eigenvalue weighted by molar-refractivity contribution is 5.20. The van der Waals surface area contributed by atoms with Crippen LogP contribution in [0.25, 0.3) is 0 Å². The predicted octanol–water partition coefficient (Wildman–Crippen LogP) is 2.68. The van der Waals surface area contributed by atoms with E-state index in [2.05, 4.69) is 37.1 Å². The molecule has 96 valence electrons. The fraction of sp³-hybridized carbons (Fsp3) is 0.714. The number of hydrogen-bond donors (Lipinski definition) is 1. The monoisotopic (exact) mass is 236 g/mol. The first-order chi connectivity index (χ1) is 8.15. The Morgan fingerprint density at radius 3 is 2.71 bits per heavy atom. The molecular formula is C14H24N2O. The van der Waals surface area contributed by atoms with Gasteiger partial charge in [-0.25, -0.2) is 0 Å². The second-order valence-corrected chi connectivity index (χ2v) is 5.31. The van der Waals surface area contributed by atoms with Crippen molar-refractivity contribution in [3.8, 4) is 0 Å². The van der Waals surface area contributed by atoms with Crippen LogP contribution in [0.3, 0.4) is 0 Å². The zero-order valence-electron chi connectivity index (χ0n) is 11.3. The summed E-state index contributed by atoms with van der Waals surface area (Å²) >= 11 is 0. The zero-order valence-corrected chi connectivity index (χ0v) is 11.3. The van der Waals surface area contributed by atoms with Crippen molar-refractivity contribution < 1.29 is 4.42 Å². The van der Waals surface area contributed by atoms with Crippen LogP contribution in [0.15, 0.2) is 10.5 Å². The Morgan fingerprint density at radius 1 is 1.35 bits per heavy atom. The van der Waals surface area contributed by atoms with Crippen molar-refractivity contribution in [2.45, 2.75) is 52.7 Å². The lowest BCUT2D eigenvalue weighted by molar-refractivity contribution is 0.328. The minimum atomic E-state index is 0.502. The molecule has 1 aliphatic heterocycles. The van der Waals surface area contributed by atoms with Gasteiger partial charge in [0.1, 0.15) is 11.5 Å². The largest absolute Gasteiger partial charge is 0.465 e. The first-order valence-electron chi connectivity index (χ1n) is 6.69. The summed E-state index contributed by atoms with van der Waals surface area (Å²) in [5, 5.41) is 3.39. The molecule has 1 fully saturated rings. The fourth-order valence-electron chi connectivity index (χ4n) is 2.32. The molecule has 0 unspecified atom stereocenters. The van der Waals surface area contributed by atoms with Crippen LogP contribution in [0.1, 0.15) is 43.8 Å². The lowest BCUT2D eigenvalue weighted by Crippen LogP contribution is -2.21. The highest BCUT2D eigenvalue weighted by atomic mass is 16.3. The summed E-state index contributed by atoms with van der Waals surface area (Å²) in [6, 6.07) is 2.71. The van der Waals surface area contributed by atoms with Crippen LogP contribution in [0.4, 0.5) is 0 Å². The van der Waals surface area contributed by atoms with Crippen molar-refractivity contribution in [3.63, 3.8) is 0 Å². The minimum absolute atomic E-state index is 0.502. The van der Waals surface area contributed by atoms with Crippen LogP contribution >= 0.6 is 0 Å². The maximum absolute atomic E-state index is 5.79. The molecule has 1 aromatic heterocycles. The predicted molar refractivity (Wildman–Crippen MR) is 69.9 cm³/mol. The normalized spacial score (nSPS) is 17.2. The van der Waals surface area contributed by atoms with Crippen molar-refractivity contribution in [2.75, 3.05) is 13.1 Å². The molecular weight excluding hydrogens is 212 g/mol. The van der Waals surface area contributed by atoms with Crippen LogP contribution in [-0.4, -0.2) is 24.0 Å². The van der Waals surface area contributed by atoms with Gasteiger partial charge in [-0.3, -0.25) is 4.90 Å². The van der Waals surface area contributed by atoms with E-state index in [4.69, 9.17) is 4.42 Å². The third-order valence-electron chi connectivity index (χ3n) is 3.35. The van der Waals surface area contributed by atoms with Crippen LogP contribution in [0.5, 0.6) is 0 Å². The number of nitrogens with one attached hydrogen (secondary N) is 1. The molecule has 3 heteroatoms. The SMILES string of the molecule is Cc1oc(CNC(C)C)cc1CN1CCCC1. The number of hydrogen-bond acceptors (Lipinski definition) is 3. The van der Waals surface area contributed by atoms with Gasteiger partial charge >= 0.3 is 0 Å². The molecule has 2 rings (SSSR count).